The molecule has 41 heavy (non-hydrogen) atoms. The molecule has 0 aliphatic rings. The first-order valence-electron chi connectivity index (χ1n) is 8.80. The maximum atomic E-state index is 12.5. The van der Waals surface area contributed by atoms with Gasteiger partial charge in [-0.25, -0.2) is 25.8 Å². The average Bonchev–Trinajstić information content (AvgIpc) is 2.83. The molecule has 0 aromatic rings. The maximum absolute atomic E-state index is 12.5. The highest BCUT2D eigenvalue weighted by molar-refractivity contribution is 7.91. The molecule has 240 valence electrons. The Labute approximate surface area is 235 Å². The van der Waals surface area contributed by atoms with Crippen LogP contribution in [-0.2, 0) is 46.8 Å². The Hall–Kier alpha value is -2.78. The van der Waals surface area contributed by atoms with Crippen molar-refractivity contribution >= 4 is 42.1 Å². The third-order valence-electron chi connectivity index (χ3n) is 1.81. The highest BCUT2D eigenvalue weighted by Crippen LogP contribution is 2.16. The summed E-state index contributed by atoms with van der Waals surface area (Å²) in [6, 6.07) is 0. The predicted molar refractivity (Wildman–Crippen MR) is 128 cm³/mol. The standard InChI is InChI=1S/C13H10F3NO6S2.C2H5F.CH2F2.CH3F.H2O3S.O3S/c1-2-3-4-5-6-7-8-9-12(25(20,21)22)17-24(18,19)11-23-13(15,16)10-14;1-2-3;2-1-3;1-2;2*1-4(2)3/h12,17H,10-11H2,1H3,(H,20,21,22);2H2,1H3;1H2;1H3;(H2,1,2,3);/p-1. The molecular formula is C17H21F7NO12S4-. The van der Waals surface area contributed by atoms with E-state index in [0.29, 0.717) is 7.18 Å². The van der Waals surface area contributed by atoms with E-state index >= 15 is 0 Å². The van der Waals surface area contributed by atoms with E-state index in [1.54, 1.807) is 5.92 Å². The van der Waals surface area contributed by atoms with Crippen LogP contribution in [-0.4, -0.2) is 92.2 Å². The Morgan fingerprint density at radius 1 is 0.927 bits per heavy atom. The molecule has 0 heterocycles. The van der Waals surface area contributed by atoms with E-state index in [1.165, 1.54) is 18.6 Å². The second-order valence-corrected chi connectivity index (χ2v) is 8.64. The van der Waals surface area contributed by atoms with Crippen LogP contribution in [0, 0.1) is 47.4 Å². The fourth-order valence-corrected chi connectivity index (χ4v) is 2.77. The summed E-state index contributed by atoms with van der Waals surface area (Å²) >= 11 is -2.86. The molecule has 0 aromatic carbocycles. The number of rotatable bonds is 7. The first-order valence-corrected chi connectivity index (χ1v) is 14.0. The molecule has 24 heteroatoms. The highest BCUT2D eigenvalue weighted by Gasteiger charge is 2.34. The second kappa shape index (κ2) is 33.4. The van der Waals surface area contributed by atoms with E-state index in [2.05, 4.69) is 34.3 Å². The van der Waals surface area contributed by atoms with Crippen LogP contribution in [0.1, 0.15) is 13.8 Å². The normalized spacial score (nSPS) is 10.5. The van der Waals surface area contributed by atoms with Gasteiger partial charge in [-0.1, -0.05) is 5.92 Å². The Kier molecular flexibility index (Phi) is 41.6. The van der Waals surface area contributed by atoms with Crippen LogP contribution in [0.2, 0.25) is 0 Å². The molecule has 2 unspecified atom stereocenters. The number of sulfonamides is 1. The summed E-state index contributed by atoms with van der Waals surface area (Å²) in [5.74, 6) is 15.3. The Morgan fingerprint density at radius 3 is 1.54 bits per heavy atom. The molecule has 0 spiro atoms. The van der Waals surface area contributed by atoms with Gasteiger partial charge in [0.25, 0.3) is 10.1 Å². The molecule has 0 aromatic heterocycles. The van der Waals surface area contributed by atoms with E-state index < -0.39 is 73.1 Å². The first-order chi connectivity index (χ1) is 18.7. The molecule has 0 aliphatic carbocycles. The zero-order chi connectivity index (χ0) is 34.1. The number of alkyl halides is 7. The second-order valence-electron chi connectivity index (χ2n) is 4.59. The van der Waals surface area contributed by atoms with Crippen molar-refractivity contribution in [2.75, 3.05) is 33.4 Å². The quantitative estimate of drug-likeness (QED) is 0.143. The number of halogens is 7. The van der Waals surface area contributed by atoms with Gasteiger partial charge in [-0.2, -0.15) is 21.9 Å². The smallest absolute Gasteiger partial charge is 0.425 e. The fourth-order valence-electron chi connectivity index (χ4n) is 0.853. The van der Waals surface area contributed by atoms with Gasteiger partial charge in [-0.15, -0.1) is 12.6 Å². The van der Waals surface area contributed by atoms with Crippen LogP contribution >= 0.6 is 0 Å². The Bertz CT molecular complexity index is 1270. The van der Waals surface area contributed by atoms with Crippen molar-refractivity contribution < 1.29 is 82.8 Å². The molecule has 0 amide bonds. The van der Waals surface area contributed by atoms with Crippen molar-refractivity contribution in [3.63, 3.8) is 0 Å². The van der Waals surface area contributed by atoms with Crippen LogP contribution in [0.4, 0.5) is 30.7 Å². The van der Waals surface area contributed by atoms with Gasteiger partial charge in [0.1, 0.15) is 0 Å². The zero-order valence-corrected chi connectivity index (χ0v) is 23.9. The van der Waals surface area contributed by atoms with Crippen LogP contribution in [0.15, 0.2) is 0 Å². The molecule has 0 rings (SSSR count). The van der Waals surface area contributed by atoms with Gasteiger partial charge in [-0.05, 0) is 55.3 Å². The van der Waals surface area contributed by atoms with Gasteiger partial charge in [0.15, 0.2) is 12.6 Å². The summed E-state index contributed by atoms with van der Waals surface area (Å²) in [4.78, 5) is 0. The number of hydrogen-bond acceptors (Lipinski definition) is 10. The molecule has 0 bridgehead atoms. The summed E-state index contributed by atoms with van der Waals surface area (Å²) in [6.07, 6.45) is -4.38. The van der Waals surface area contributed by atoms with Crippen molar-refractivity contribution in [2.45, 2.75) is 25.3 Å². The van der Waals surface area contributed by atoms with Gasteiger partial charge in [0.05, 0.1) is 25.2 Å². The molecule has 0 radical (unpaired) electrons. The van der Waals surface area contributed by atoms with Gasteiger partial charge in [-0.3, -0.25) is 13.3 Å². The third kappa shape index (κ3) is 62.3. The molecule has 0 fully saturated rings. The topological polar surface area (TPSA) is 221 Å². The lowest BCUT2D eigenvalue weighted by Gasteiger charge is -2.15. The van der Waals surface area contributed by atoms with Crippen molar-refractivity contribution in [1.82, 2.24) is 4.72 Å². The van der Waals surface area contributed by atoms with E-state index in [4.69, 9.17) is 30.5 Å². The minimum absolute atomic E-state index is 0.250. The first kappa shape index (κ1) is 51.0. The zero-order valence-electron chi connectivity index (χ0n) is 20.7. The van der Waals surface area contributed by atoms with E-state index in [1.807, 2.05) is 11.8 Å². The number of hydrogen-bond donors (Lipinski definition) is 3. The minimum Gasteiger partial charge on any atom is -0.750 e. The monoisotopic (exact) mass is 692 g/mol. The Balaban J connectivity index is -0.000000157. The largest absolute Gasteiger partial charge is 0.750 e. The maximum Gasteiger partial charge on any atom is 0.425 e. The Morgan fingerprint density at radius 2 is 1.24 bits per heavy atom. The highest BCUT2D eigenvalue weighted by atomic mass is 32.2. The lowest BCUT2D eigenvalue weighted by molar-refractivity contribution is -0.235. The van der Waals surface area contributed by atoms with E-state index in [-0.39, 0.29) is 6.67 Å². The lowest BCUT2D eigenvalue weighted by Crippen LogP contribution is -2.42. The van der Waals surface area contributed by atoms with Gasteiger partial charge in [0, 0.05) is 0 Å². The third-order valence-corrected chi connectivity index (χ3v) is 3.81. The van der Waals surface area contributed by atoms with Crippen molar-refractivity contribution in [3.05, 3.63) is 0 Å². The molecular weight excluding hydrogens is 671 g/mol. The van der Waals surface area contributed by atoms with Gasteiger partial charge in [0.2, 0.25) is 22.3 Å². The van der Waals surface area contributed by atoms with Crippen LogP contribution in [0.25, 0.3) is 0 Å². The van der Waals surface area contributed by atoms with Gasteiger partial charge >= 0.3 is 16.7 Å². The molecule has 13 nitrogen and oxygen atoms in total. The summed E-state index contributed by atoms with van der Waals surface area (Å²) < 4.78 is 184. The molecule has 0 saturated heterocycles. The van der Waals surface area contributed by atoms with E-state index in [0.717, 1.165) is 0 Å². The number of ether oxygens (including phenoxy) is 1. The molecule has 0 aliphatic heterocycles. The lowest BCUT2D eigenvalue weighted by atomic mass is 10.5. The van der Waals surface area contributed by atoms with Crippen molar-refractivity contribution in [2.24, 2.45) is 0 Å². The van der Waals surface area contributed by atoms with Crippen LogP contribution < -0.4 is 4.72 Å². The van der Waals surface area contributed by atoms with Crippen molar-refractivity contribution in [3.8, 4) is 47.4 Å². The fraction of sp³-hybridized carbons (Fsp3) is 0.529. The summed E-state index contributed by atoms with van der Waals surface area (Å²) in [5.41, 5.74) is 0. The molecule has 0 saturated carbocycles. The van der Waals surface area contributed by atoms with Crippen LogP contribution in [0.3, 0.4) is 0 Å². The van der Waals surface area contributed by atoms with Gasteiger partial charge < -0.3 is 13.8 Å². The summed E-state index contributed by atoms with van der Waals surface area (Å²) in [6.45, 7) is -1.30. The summed E-state index contributed by atoms with van der Waals surface area (Å²) in [5, 5.41) is -2.40. The average molecular weight is 693 g/mol. The van der Waals surface area contributed by atoms with Crippen LogP contribution in [0.5, 0.6) is 0 Å². The molecule has 3 N–H and O–H groups in total. The van der Waals surface area contributed by atoms with E-state index in [9.17, 15) is 47.6 Å². The molecule has 2 atom stereocenters. The summed E-state index contributed by atoms with van der Waals surface area (Å²) in [7, 11) is -12.5. The van der Waals surface area contributed by atoms with Crippen molar-refractivity contribution in [1.29, 1.82) is 0 Å². The number of nitrogens with one attached hydrogen (secondary N) is 1. The minimum atomic E-state index is -5.07. The SMILES string of the molecule is CC#CC#CC#CC#CC(NS(=O)(=O)COC(F)(F)CF)S(=O)(=O)O.CCF.CF.FCF.O=S(=O)=O.O=S([O-])O. The predicted octanol–water partition coefficient (Wildman–Crippen LogP) is 0.468.